The molecule has 0 unspecified atom stereocenters. The molecule has 4 aromatic rings. The first-order valence-electron chi connectivity index (χ1n) is 10.4. The van der Waals surface area contributed by atoms with Crippen LogP contribution in [-0.4, -0.2) is 21.0 Å². The highest BCUT2D eigenvalue weighted by molar-refractivity contribution is 9.10. The van der Waals surface area contributed by atoms with Crippen LogP contribution in [0.4, 0.5) is 11.4 Å². The number of hydrogen-bond acceptors (Lipinski definition) is 7. The summed E-state index contributed by atoms with van der Waals surface area (Å²) in [6.45, 7) is 2.00. The molecular weight excluding hydrogens is 502 g/mol. The van der Waals surface area contributed by atoms with Crippen LogP contribution >= 0.6 is 27.9 Å². The van der Waals surface area contributed by atoms with Crippen molar-refractivity contribution in [2.45, 2.75) is 24.7 Å². The Morgan fingerprint density at radius 1 is 1.06 bits per heavy atom. The summed E-state index contributed by atoms with van der Waals surface area (Å²) in [6.07, 6.45) is 3.59. The zero-order valence-electron chi connectivity index (χ0n) is 17.7. The van der Waals surface area contributed by atoms with Crippen LogP contribution in [0.1, 0.15) is 19.8 Å². The largest absolute Gasteiger partial charge is 0.334 e. The molecule has 1 saturated carbocycles. The van der Waals surface area contributed by atoms with Crippen molar-refractivity contribution < 1.29 is 9.32 Å². The van der Waals surface area contributed by atoms with Crippen LogP contribution in [-0.2, 0) is 4.79 Å². The van der Waals surface area contributed by atoms with E-state index in [0.29, 0.717) is 11.7 Å². The molecule has 9 heteroatoms. The molecule has 0 atom stereocenters. The van der Waals surface area contributed by atoms with E-state index in [1.54, 1.807) is 6.20 Å². The molecule has 5 rings (SSSR count). The van der Waals surface area contributed by atoms with Gasteiger partial charge < -0.3 is 14.6 Å². The van der Waals surface area contributed by atoms with Crippen molar-refractivity contribution in [3.8, 4) is 22.8 Å². The number of nitrogens with one attached hydrogen (secondary N) is 2. The van der Waals surface area contributed by atoms with Crippen LogP contribution in [0.2, 0.25) is 0 Å². The highest BCUT2D eigenvalue weighted by Crippen LogP contribution is 2.45. The average molecular weight is 522 g/mol. The number of rotatable bonds is 7. The summed E-state index contributed by atoms with van der Waals surface area (Å²) in [5.41, 5.74) is 3.13. The average Bonchev–Trinajstić information content (AvgIpc) is 3.40. The van der Waals surface area contributed by atoms with E-state index in [1.807, 2.05) is 67.6 Å². The lowest BCUT2D eigenvalue weighted by atomic mass is 10.1. The topological polar surface area (TPSA) is 92.9 Å². The molecule has 0 spiro atoms. The standard InChI is InChI=1S/C24H20BrN5O2S/c1-24(11-12-24)23(31)27-17-3-2-4-18(13-17)30-33-19-8-5-15(6-9-19)21-28-22(32-29-21)16-7-10-20(25)26-14-16/h2-10,13-14,30H,11-12H2,1H3,(H,27,31). The van der Waals surface area contributed by atoms with Gasteiger partial charge in [0.05, 0.1) is 5.56 Å². The van der Waals surface area contributed by atoms with Gasteiger partial charge in [0.15, 0.2) is 0 Å². The first-order chi connectivity index (χ1) is 16.0. The third kappa shape index (κ3) is 5.09. The molecule has 1 fully saturated rings. The Morgan fingerprint density at radius 3 is 2.55 bits per heavy atom. The van der Waals surface area contributed by atoms with E-state index in [2.05, 4.69) is 41.1 Å². The summed E-state index contributed by atoms with van der Waals surface area (Å²) in [5.74, 6) is 1.03. The summed E-state index contributed by atoms with van der Waals surface area (Å²) in [5, 5.41) is 7.09. The number of hydrogen-bond donors (Lipinski definition) is 2. The van der Waals surface area contributed by atoms with Crippen LogP contribution in [0.3, 0.4) is 0 Å². The molecule has 0 saturated heterocycles. The molecule has 1 amide bonds. The van der Waals surface area contributed by atoms with Gasteiger partial charge in [0, 0.05) is 33.4 Å². The van der Waals surface area contributed by atoms with Crippen molar-refractivity contribution in [2.75, 3.05) is 10.0 Å². The summed E-state index contributed by atoms with van der Waals surface area (Å²) >= 11 is 4.80. The van der Waals surface area contributed by atoms with Crippen molar-refractivity contribution in [2.24, 2.45) is 5.41 Å². The molecule has 1 aliphatic carbocycles. The minimum Gasteiger partial charge on any atom is -0.334 e. The van der Waals surface area contributed by atoms with Gasteiger partial charge in [-0.05, 0) is 95.3 Å². The highest BCUT2D eigenvalue weighted by atomic mass is 79.9. The van der Waals surface area contributed by atoms with Crippen LogP contribution in [0.25, 0.3) is 22.8 Å². The summed E-state index contributed by atoms with van der Waals surface area (Å²) in [4.78, 5) is 22.0. The fourth-order valence-electron chi connectivity index (χ4n) is 3.11. The van der Waals surface area contributed by atoms with Crippen LogP contribution in [0.15, 0.2) is 80.9 Å². The fraction of sp³-hybridized carbons (Fsp3) is 0.167. The SMILES string of the molecule is CC1(C(=O)Nc2cccc(NSc3ccc(-c4noc(-c5ccc(Br)nc5)n4)cc3)c2)CC1. The molecule has 0 bridgehead atoms. The predicted molar refractivity (Wildman–Crippen MR) is 133 cm³/mol. The lowest BCUT2D eigenvalue weighted by Gasteiger charge is -2.12. The van der Waals surface area contributed by atoms with Crippen molar-refractivity contribution in [1.82, 2.24) is 15.1 Å². The first-order valence-corrected chi connectivity index (χ1v) is 12.0. The van der Waals surface area contributed by atoms with Crippen molar-refractivity contribution in [1.29, 1.82) is 0 Å². The summed E-state index contributed by atoms with van der Waals surface area (Å²) in [7, 11) is 0. The smallest absolute Gasteiger partial charge is 0.259 e. The minimum absolute atomic E-state index is 0.0870. The van der Waals surface area contributed by atoms with Gasteiger partial charge in [-0.15, -0.1) is 0 Å². The van der Waals surface area contributed by atoms with E-state index in [1.165, 1.54) is 11.9 Å². The Hall–Kier alpha value is -3.17. The number of carbonyl (C=O) groups excluding carboxylic acids is 1. The third-order valence-corrected chi connectivity index (χ3v) is 6.78. The molecule has 166 valence electrons. The quantitative estimate of drug-likeness (QED) is 0.214. The van der Waals surface area contributed by atoms with Crippen molar-refractivity contribution >= 4 is 45.2 Å². The van der Waals surface area contributed by atoms with Gasteiger partial charge in [-0.2, -0.15) is 4.98 Å². The molecule has 2 heterocycles. The van der Waals surface area contributed by atoms with Crippen molar-refractivity contribution in [3.05, 3.63) is 71.5 Å². The predicted octanol–water partition coefficient (Wildman–Crippen LogP) is 6.42. The molecule has 0 radical (unpaired) electrons. The monoisotopic (exact) mass is 521 g/mol. The molecule has 2 aromatic carbocycles. The zero-order chi connectivity index (χ0) is 22.8. The van der Waals surface area contributed by atoms with Crippen LogP contribution in [0, 0.1) is 5.41 Å². The number of carbonyl (C=O) groups is 1. The Bertz CT molecular complexity index is 1290. The molecule has 1 aliphatic rings. The number of benzene rings is 2. The molecule has 33 heavy (non-hydrogen) atoms. The molecule has 2 N–H and O–H groups in total. The summed E-state index contributed by atoms with van der Waals surface area (Å²) < 4.78 is 9.45. The van der Waals surface area contributed by atoms with E-state index in [9.17, 15) is 4.79 Å². The number of nitrogens with zero attached hydrogens (tertiary/aromatic N) is 3. The maximum absolute atomic E-state index is 12.3. The van der Waals surface area contributed by atoms with Gasteiger partial charge in [-0.1, -0.05) is 18.1 Å². The second kappa shape index (κ2) is 8.99. The van der Waals surface area contributed by atoms with Gasteiger partial charge in [0.25, 0.3) is 5.89 Å². The Balaban J connectivity index is 1.21. The zero-order valence-corrected chi connectivity index (χ0v) is 20.1. The van der Waals surface area contributed by atoms with Crippen molar-refractivity contribution in [3.63, 3.8) is 0 Å². The van der Waals surface area contributed by atoms with Gasteiger partial charge in [-0.25, -0.2) is 4.98 Å². The summed E-state index contributed by atoms with van der Waals surface area (Å²) in [6, 6.07) is 19.3. The van der Waals surface area contributed by atoms with E-state index in [4.69, 9.17) is 4.52 Å². The number of pyridine rings is 1. The Labute approximate surface area is 203 Å². The fourth-order valence-corrected chi connectivity index (χ4v) is 3.98. The van der Waals surface area contributed by atoms with Gasteiger partial charge in [0.1, 0.15) is 4.60 Å². The maximum Gasteiger partial charge on any atom is 0.259 e. The molecule has 0 aliphatic heterocycles. The maximum atomic E-state index is 12.3. The van der Waals surface area contributed by atoms with Crippen LogP contribution in [0.5, 0.6) is 0 Å². The number of halogens is 1. The van der Waals surface area contributed by atoms with E-state index >= 15 is 0 Å². The van der Waals surface area contributed by atoms with Crippen LogP contribution < -0.4 is 10.0 Å². The van der Waals surface area contributed by atoms with Gasteiger partial charge in [-0.3, -0.25) is 4.79 Å². The first kappa shape index (κ1) is 21.7. The Kier molecular flexibility index (Phi) is 5.90. The second-order valence-corrected chi connectivity index (χ2v) is 9.81. The highest BCUT2D eigenvalue weighted by Gasteiger charge is 2.44. The molecule has 2 aromatic heterocycles. The van der Waals surface area contributed by atoms with Gasteiger partial charge in [0.2, 0.25) is 11.7 Å². The minimum atomic E-state index is -0.200. The normalized spacial score (nSPS) is 14.0. The number of aromatic nitrogens is 3. The van der Waals surface area contributed by atoms with E-state index in [-0.39, 0.29) is 11.3 Å². The molecule has 7 nitrogen and oxygen atoms in total. The lowest BCUT2D eigenvalue weighted by Crippen LogP contribution is -2.21. The van der Waals surface area contributed by atoms with E-state index in [0.717, 1.165) is 44.8 Å². The third-order valence-electron chi connectivity index (χ3n) is 5.47. The molecular formula is C24H20BrN5O2S. The Morgan fingerprint density at radius 2 is 1.82 bits per heavy atom. The number of anilines is 2. The second-order valence-electron chi connectivity index (χ2n) is 8.12. The lowest BCUT2D eigenvalue weighted by molar-refractivity contribution is -0.120. The number of amides is 1. The van der Waals surface area contributed by atoms with E-state index < -0.39 is 0 Å². The van der Waals surface area contributed by atoms with Gasteiger partial charge >= 0.3 is 0 Å².